The molecule has 1 aliphatic rings. The SMILES string of the molecule is NC(=O)COc1ccc(CN2CCCC2c2ccc(F)cc2)cc1Cl. The van der Waals surface area contributed by atoms with E-state index in [2.05, 4.69) is 4.90 Å². The number of carbonyl (C=O) groups excluding carboxylic acids is 1. The molecule has 0 aromatic heterocycles. The number of likely N-dealkylation sites (tertiary alicyclic amines) is 1. The number of hydrogen-bond donors (Lipinski definition) is 1. The third kappa shape index (κ3) is 4.50. The monoisotopic (exact) mass is 362 g/mol. The van der Waals surface area contributed by atoms with Crippen molar-refractivity contribution in [1.29, 1.82) is 0 Å². The van der Waals surface area contributed by atoms with Crippen LogP contribution in [0, 0.1) is 5.82 Å². The molecule has 4 nitrogen and oxygen atoms in total. The third-order valence-corrected chi connectivity index (χ3v) is 4.67. The molecule has 1 heterocycles. The number of primary amides is 1. The molecule has 1 fully saturated rings. The second-order valence-electron chi connectivity index (χ2n) is 6.20. The summed E-state index contributed by atoms with van der Waals surface area (Å²) in [5, 5.41) is 0.455. The van der Waals surface area contributed by atoms with Gasteiger partial charge in [0.05, 0.1) is 5.02 Å². The summed E-state index contributed by atoms with van der Waals surface area (Å²) in [4.78, 5) is 13.2. The largest absolute Gasteiger partial charge is 0.482 e. The zero-order valence-electron chi connectivity index (χ0n) is 13.8. The number of rotatable bonds is 6. The van der Waals surface area contributed by atoms with E-state index in [1.165, 1.54) is 12.1 Å². The molecule has 1 aliphatic heterocycles. The molecule has 2 aromatic rings. The molecular weight excluding hydrogens is 343 g/mol. The van der Waals surface area contributed by atoms with Gasteiger partial charge in [-0.2, -0.15) is 0 Å². The Bertz CT molecular complexity index is 752. The van der Waals surface area contributed by atoms with Crippen LogP contribution in [-0.2, 0) is 11.3 Å². The lowest BCUT2D eigenvalue weighted by Crippen LogP contribution is -2.23. The van der Waals surface area contributed by atoms with E-state index in [9.17, 15) is 9.18 Å². The van der Waals surface area contributed by atoms with Crippen molar-refractivity contribution >= 4 is 17.5 Å². The minimum atomic E-state index is -0.542. The topological polar surface area (TPSA) is 55.6 Å². The van der Waals surface area contributed by atoms with E-state index in [1.54, 1.807) is 6.07 Å². The predicted molar refractivity (Wildman–Crippen MR) is 94.9 cm³/mol. The molecule has 6 heteroatoms. The van der Waals surface area contributed by atoms with Crippen LogP contribution < -0.4 is 10.5 Å². The number of hydrogen-bond acceptors (Lipinski definition) is 3. The maximum Gasteiger partial charge on any atom is 0.255 e. The quantitative estimate of drug-likeness (QED) is 0.852. The van der Waals surface area contributed by atoms with Crippen LogP contribution in [0.1, 0.15) is 30.0 Å². The molecule has 0 saturated carbocycles. The minimum absolute atomic E-state index is 0.197. The fraction of sp³-hybridized carbons (Fsp3) is 0.316. The van der Waals surface area contributed by atoms with E-state index < -0.39 is 5.91 Å². The lowest BCUT2D eigenvalue weighted by Gasteiger charge is -2.25. The normalized spacial score (nSPS) is 17.6. The zero-order valence-corrected chi connectivity index (χ0v) is 14.5. The molecule has 1 amide bonds. The maximum atomic E-state index is 13.1. The van der Waals surface area contributed by atoms with Gasteiger partial charge in [0.15, 0.2) is 6.61 Å². The van der Waals surface area contributed by atoms with E-state index in [0.717, 1.165) is 37.1 Å². The summed E-state index contributed by atoms with van der Waals surface area (Å²) in [5.74, 6) is -0.313. The first-order valence-electron chi connectivity index (χ1n) is 8.22. The van der Waals surface area contributed by atoms with E-state index in [-0.39, 0.29) is 18.5 Å². The molecule has 132 valence electrons. The first-order valence-corrected chi connectivity index (χ1v) is 8.60. The molecule has 0 bridgehead atoms. The van der Waals surface area contributed by atoms with Crippen LogP contribution >= 0.6 is 11.6 Å². The summed E-state index contributed by atoms with van der Waals surface area (Å²) in [5.41, 5.74) is 7.26. The van der Waals surface area contributed by atoms with Crippen LogP contribution in [0.2, 0.25) is 5.02 Å². The molecule has 0 aliphatic carbocycles. The summed E-state index contributed by atoms with van der Waals surface area (Å²) in [6.07, 6.45) is 2.16. The Labute approximate surface area is 151 Å². The fourth-order valence-electron chi connectivity index (χ4n) is 3.22. The Kier molecular flexibility index (Phi) is 5.56. The fourth-order valence-corrected chi connectivity index (χ4v) is 3.48. The zero-order chi connectivity index (χ0) is 17.8. The maximum absolute atomic E-state index is 13.1. The van der Waals surface area contributed by atoms with Crippen molar-refractivity contribution in [3.8, 4) is 5.75 Å². The number of nitrogens with zero attached hydrogens (tertiary/aromatic N) is 1. The summed E-state index contributed by atoms with van der Waals surface area (Å²) >= 11 is 6.23. The van der Waals surface area contributed by atoms with Crippen molar-refractivity contribution in [2.75, 3.05) is 13.2 Å². The van der Waals surface area contributed by atoms with E-state index in [4.69, 9.17) is 22.1 Å². The summed E-state index contributed by atoms with van der Waals surface area (Å²) in [6.45, 7) is 1.54. The molecule has 0 radical (unpaired) electrons. The van der Waals surface area contributed by atoms with Crippen molar-refractivity contribution in [3.63, 3.8) is 0 Å². The molecule has 2 aromatic carbocycles. The van der Waals surface area contributed by atoms with Gasteiger partial charge in [0, 0.05) is 12.6 Å². The molecule has 0 spiro atoms. The Morgan fingerprint density at radius 3 is 2.72 bits per heavy atom. The minimum Gasteiger partial charge on any atom is -0.482 e. The van der Waals surface area contributed by atoms with Gasteiger partial charge in [-0.3, -0.25) is 9.69 Å². The average Bonchev–Trinajstić information content (AvgIpc) is 3.03. The van der Waals surface area contributed by atoms with Crippen LogP contribution in [-0.4, -0.2) is 24.0 Å². The standard InChI is InChI=1S/C19H20ClFN2O2/c20-16-10-13(3-8-18(16)25-12-19(22)24)11-23-9-1-2-17(23)14-4-6-15(21)7-5-14/h3-8,10,17H,1-2,9,11-12H2,(H2,22,24). The Hall–Kier alpha value is -2.11. The number of nitrogens with two attached hydrogens (primary N) is 1. The predicted octanol–water partition coefficient (Wildman–Crippen LogP) is 3.68. The number of amides is 1. The van der Waals surface area contributed by atoms with Crippen molar-refractivity contribution in [3.05, 3.63) is 64.4 Å². The van der Waals surface area contributed by atoms with E-state index in [1.807, 2.05) is 24.3 Å². The van der Waals surface area contributed by atoms with Gasteiger partial charge in [-0.15, -0.1) is 0 Å². The highest BCUT2D eigenvalue weighted by atomic mass is 35.5. The smallest absolute Gasteiger partial charge is 0.255 e. The van der Waals surface area contributed by atoms with Crippen molar-refractivity contribution in [2.24, 2.45) is 5.73 Å². The summed E-state index contributed by atoms with van der Waals surface area (Å²) in [7, 11) is 0. The number of halogens is 2. The van der Waals surface area contributed by atoms with Gasteiger partial charge in [-0.1, -0.05) is 29.8 Å². The second-order valence-corrected chi connectivity index (χ2v) is 6.61. The van der Waals surface area contributed by atoms with Crippen molar-refractivity contribution in [2.45, 2.75) is 25.4 Å². The van der Waals surface area contributed by atoms with Gasteiger partial charge >= 0.3 is 0 Å². The highest BCUT2D eigenvalue weighted by Crippen LogP contribution is 2.34. The van der Waals surface area contributed by atoms with Gasteiger partial charge in [-0.25, -0.2) is 4.39 Å². The van der Waals surface area contributed by atoms with Crippen LogP contribution in [0.25, 0.3) is 0 Å². The first-order chi connectivity index (χ1) is 12.0. The van der Waals surface area contributed by atoms with Crippen molar-refractivity contribution < 1.29 is 13.9 Å². The molecule has 1 atom stereocenters. The van der Waals surface area contributed by atoms with Gasteiger partial charge in [-0.05, 0) is 54.8 Å². The van der Waals surface area contributed by atoms with E-state index >= 15 is 0 Å². The molecule has 3 rings (SSSR count). The molecule has 1 unspecified atom stereocenters. The van der Waals surface area contributed by atoms with Crippen LogP contribution in [0.5, 0.6) is 5.75 Å². The lowest BCUT2D eigenvalue weighted by molar-refractivity contribution is -0.119. The van der Waals surface area contributed by atoms with Crippen molar-refractivity contribution in [1.82, 2.24) is 4.90 Å². The number of ether oxygens (including phenoxy) is 1. The second kappa shape index (κ2) is 7.85. The first kappa shape index (κ1) is 17.7. The Morgan fingerprint density at radius 1 is 1.28 bits per heavy atom. The van der Waals surface area contributed by atoms with Gasteiger partial charge in [0.25, 0.3) is 5.91 Å². The lowest BCUT2D eigenvalue weighted by atomic mass is 10.0. The summed E-state index contributed by atoms with van der Waals surface area (Å²) in [6, 6.07) is 12.5. The van der Waals surface area contributed by atoms with Crippen LogP contribution in [0.4, 0.5) is 4.39 Å². The number of benzene rings is 2. The molecule has 2 N–H and O–H groups in total. The highest BCUT2D eigenvalue weighted by Gasteiger charge is 2.26. The highest BCUT2D eigenvalue weighted by molar-refractivity contribution is 6.32. The summed E-state index contributed by atoms with van der Waals surface area (Å²) < 4.78 is 18.4. The number of carbonyl (C=O) groups is 1. The molecule has 1 saturated heterocycles. The van der Waals surface area contributed by atoms with Gasteiger partial charge in [0.2, 0.25) is 0 Å². The molecular formula is C19H20ClFN2O2. The third-order valence-electron chi connectivity index (χ3n) is 4.37. The Balaban J connectivity index is 1.69. The van der Waals surface area contributed by atoms with Gasteiger partial charge < -0.3 is 10.5 Å². The van der Waals surface area contributed by atoms with E-state index in [0.29, 0.717) is 10.8 Å². The van der Waals surface area contributed by atoms with Crippen LogP contribution in [0.15, 0.2) is 42.5 Å². The molecule has 25 heavy (non-hydrogen) atoms. The van der Waals surface area contributed by atoms with Crippen LogP contribution in [0.3, 0.4) is 0 Å². The van der Waals surface area contributed by atoms with Gasteiger partial charge in [0.1, 0.15) is 11.6 Å². The average molecular weight is 363 g/mol. The Morgan fingerprint density at radius 2 is 2.04 bits per heavy atom.